The predicted molar refractivity (Wildman–Crippen MR) is 359 cm³/mol. The van der Waals surface area contributed by atoms with E-state index in [4.69, 9.17) is 0 Å². The zero-order chi connectivity index (χ0) is 57.2. The molecule has 0 unspecified atom stereocenters. The van der Waals surface area contributed by atoms with Gasteiger partial charge in [0, 0.05) is 49.4 Å². The lowest BCUT2D eigenvalue weighted by molar-refractivity contribution is 0.590. The molecule has 0 spiro atoms. The molecule has 0 radical (unpaired) electrons. The lowest BCUT2D eigenvalue weighted by atomic mass is 9.85. The second-order valence-electron chi connectivity index (χ2n) is 27.9. The van der Waals surface area contributed by atoms with Crippen LogP contribution >= 0.6 is 0 Å². The Bertz CT molecular complexity index is 4690. The van der Waals surface area contributed by atoms with Crippen LogP contribution < -0.4 is 0 Å². The van der Waals surface area contributed by atoms with Gasteiger partial charge < -0.3 is 13.7 Å². The SMILES string of the molecule is CC(C)(C)c1ccc2c(c1)c1cc(C(C)(C)C)ccc1n2-c1ccc2c3ccc(-n4c5ccc(C(C)(C)C)cc5c5cc(C(C)(C)C)ccc54)cc3n(-c3cc4ccc5c(-c6ccccc6)cc(-c6ccccc6)c6ccc(c3)c4c56)c2c1. The monoisotopic (exact) mass is 1070 g/mol. The summed E-state index contributed by atoms with van der Waals surface area (Å²) in [6, 6.07) is 81.8. The Morgan fingerprint density at radius 1 is 0.229 bits per heavy atom. The summed E-state index contributed by atoms with van der Waals surface area (Å²) in [6.45, 7) is 27.8. The Morgan fingerprint density at radius 2 is 0.554 bits per heavy atom. The molecular formula is C80H71N3. The van der Waals surface area contributed by atoms with E-state index in [-0.39, 0.29) is 21.7 Å². The molecule has 0 saturated heterocycles. The molecule has 3 aromatic heterocycles. The summed E-state index contributed by atoms with van der Waals surface area (Å²) >= 11 is 0. The number of rotatable bonds is 5. The number of hydrogen-bond donors (Lipinski definition) is 0. The van der Waals surface area contributed by atoms with Gasteiger partial charge in [0.25, 0.3) is 0 Å². The van der Waals surface area contributed by atoms with Crippen LogP contribution in [0.4, 0.5) is 0 Å². The molecule has 0 aliphatic heterocycles. The summed E-state index contributed by atoms with van der Waals surface area (Å²) in [4.78, 5) is 0. The van der Waals surface area contributed by atoms with Gasteiger partial charge in [0.15, 0.2) is 0 Å². The lowest BCUT2D eigenvalue weighted by Gasteiger charge is -2.20. The molecule has 12 aromatic carbocycles. The highest BCUT2D eigenvalue weighted by molar-refractivity contribution is 6.29. The van der Waals surface area contributed by atoms with E-state index < -0.39 is 0 Å². The molecule has 15 aromatic rings. The quantitative estimate of drug-likeness (QED) is 0.153. The highest BCUT2D eigenvalue weighted by atomic mass is 15.0. The summed E-state index contributed by atoms with van der Waals surface area (Å²) in [5.41, 5.74) is 20.9. The molecular weight excluding hydrogens is 1000 g/mol. The van der Waals surface area contributed by atoms with Crippen molar-refractivity contribution in [2.75, 3.05) is 0 Å². The zero-order valence-electron chi connectivity index (χ0n) is 50.0. The van der Waals surface area contributed by atoms with Gasteiger partial charge >= 0.3 is 0 Å². The van der Waals surface area contributed by atoms with Gasteiger partial charge in [0.05, 0.1) is 33.1 Å². The van der Waals surface area contributed by atoms with Crippen LogP contribution in [0.2, 0.25) is 0 Å². The largest absolute Gasteiger partial charge is 0.309 e. The lowest BCUT2D eigenvalue weighted by Crippen LogP contribution is -2.10. The van der Waals surface area contributed by atoms with Gasteiger partial charge in [-0.1, -0.05) is 204 Å². The molecule has 3 nitrogen and oxygen atoms in total. The van der Waals surface area contributed by atoms with E-state index >= 15 is 0 Å². The molecule has 3 heteroatoms. The average molecular weight is 1070 g/mol. The van der Waals surface area contributed by atoms with Gasteiger partial charge in [0.1, 0.15) is 0 Å². The van der Waals surface area contributed by atoms with Crippen molar-refractivity contribution in [1.82, 2.24) is 13.7 Å². The normalized spacial score (nSPS) is 13.1. The number of aromatic nitrogens is 3. The molecule has 0 aliphatic rings. The van der Waals surface area contributed by atoms with Crippen molar-refractivity contribution in [3.8, 4) is 39.3 Å². The van der Waals surface area contributed by atoms with E-state index in [1.807, 2.05) is 0 Å². The highest BCUT2D eigenvalue weighted by Gasteiger charge is 2.26. The standard InChI is InChI=1S/C80H71N3/c1-77(2,3)52-25-35-69-65(41-52)66-42-53(78(4,5)6)26-36-70(66)81(69)56-29-33-59-60-34-30-57(82-71-37-27-54(79(7,8)9)43-67(71)68-44-55(80(10,11)12)28-38-72(68)82)46-74(60)83(73(59)45-56)58-39-50-23-31-61-63(48-19-15-13-16-20-48)47-64(49-21-17-14-18-22-49)62-32-24-51(40-58)75(50)76(61)62/h13-47H,1-12H3. The fraction of sp³-hybridized carbons (Fsp3) is 0.200. The smallest absolute Gasteiger partial charge is 0.0561 e. The van der Waals surface area contributed by atoms with Crippen molar-refractivity contribution < 1.29 is 0 Å². The molecule has 0 bridgehead atoms. The Kier molecular flexibility index (Phi) is 10.9. The van der Waals surface area contributed by atoms with Crippen molar-refractivity contribution in [1.29, 1.82) is 0 Å². The van der Waals surface area contributed by atoms with Gasteiger partial charge in [-0.15, -0.1) is 0 Å². The summed E-state index contributed by atoms with van der Waals surface area (Å²) in [6.07, 6.45) is 0. The summed E-state index contributed by atoms with van der Waals surface area (Å²) in [5, 5.41) is 15.2. The second-order valence-corrected chi connectivity index (χ2v) is 27.9. The van der Waals surface area contributed by atoms with Gasteiger partial charge in [-0.05, 0) is 189 Å². The molecule has 406 valence electrons. The molecule has 3 heterocycles. The number of benzene rings is 12. The van der Waals surface area contributed by atoms with Crippen LogP contribution in [-0.4, -0.2) is 13.7 Å². The van der Waals surface area contributed by atoms with Crippen LogP contribution in [0.1, 0.15) is 105 Å². The highest BCUT2D eigenvalue weighted by Crippen LogP contribution is 2.47. The van der Waals surface area contributed by atoms with E-state index in [1.165, 1.54) is 142 Å². The summed E-state index contributed by atoms with van der Waals surface area (Å²) in [7, 11) is 0. The first-order valence-electron chi connectivity index (χ1n) is 29.8. The minimum absolute atomic E-state index is 0.00348. The average Bonchev–Trinajstić information content (AvgIpc) is 2.02. The Morgan fingerprint density at radius 3 is 0.892 bits per heavy atom. The molecule has 15 rings (SSSR count). The number of hydrogen-bond acceptors (Lipinski definition) is 0. The van der Waals surface area contributed by atoms with Crippen LogP contribution in [0.15, 0.2) is 212 Å². The van der Waals surface area contributed by atoms with Crippen LogP contribution in [0, 0.1) is 0 Å². The summed E-state index contributed by atoms with van der Waals surface area (Å²) in [5.74, 6) is 0. The Balaban J connectivity index is 1.03. The fourth-order valence-corrected chi connectivity index (χ4v) is 13.8. The van der Waals surface area contributed by atoms with Crippen LogP contribution in [0.25, 0.3) is 137 Å². The number of nitrogens with zero attached hydrogens (tertiary/aromatic N) is 3. The van der Waals surface area contributed by atoms with Gasteiger partial charge in [-0.25, -0.2) is 0 Å². The van der Waals surface area contributed by atoms with Crippen molar-refractivity contribution in [3.63, 3.8) is 0 Å². The van der Waals surface area contributed by atoms with Gasteiger partial charge in [0.2, 0.25) is 0 Å². The van der Waals surface area contributed by atoms with Crippen molar-refractivity contribution >= 4 is 97.7 Å². The minimum Gasteiger partial charge on any atom is -0.309 e. The molecule has 0 amide bonds. The Hall–Kier alpha value is -8.92. The zero-order valence-corrected chi connectivity index (χ0v) is 50.0. The first-order chi connectivity index (χ1) is 39.7. The number of fused-ring (bicyclic) bond motifs is 9. The van der Waals surface area contributed by atoms with Crippen LogP contribution in [0.5, 0.6) is 0 Å². The maximum Gasteiger partial charge on any atom is 0.0561 e. The fourth-order valence-electron chi connectivity index (χ4n) is 13.8. The van der Waals surface area contributed by atoms with Gasteiger partial charge in [-0.3, -0.25) is 0 Å². The Labute approximate surface area is 487 Å². The molecule has 0 saturated carbocycles. The third kappa shape index (κ3) is 7.98. The van der Waals surface area contributed by atoms with E-state index in [9.17, 15) is 0 Å². The maximum absolute atomic E-state index is 2.57. The third-order valence-electron chi connectivity index (χ3n) is 18.4. The van der Waals surface area contributed by atoms with Crippen LogP contribution in [-0.2, 0) is 21.7 Å². The van der Waals surface area contributed by atoms with Crippen LogP contribution in [0.3, 0.4) is 0 Å². The first kappa shape index (κ1) is 51.0. The van der Waals surface area contributed by atoms with E-state index in [0.29, 0.717) is 0 Å². The molecule has 83 heavy (non-hydrogen) atoms. The minimum atomic E-state index is 0.00348. The third-order valence-corrected chi connectivity index (χ3v) is 18.4. The van der Waals surface area contributed by atoms with Crippen molar-refractivity contribution in [3.05, 3.63) is 235 Å². The topological polar surface area (TPSA) is 14.8 Å². The van der Waals surface area contributed by atoms with E-state index in [1.54, 1.807) is 0 Å². The first-order valence-corrected chi connectivity index (χ1v) is 29.8. The molecule has 0 N–H and O–H groups in total. The molecule has 0 atom stereocenters. The van der Waals surface area contributed by atoms with E-state index in [0.717, 1.165) is 17.1 Å². The second kappa shape index (κ2) is 17.8. The summed E-state index contributed by atoms with van der Waals surface area (Å²) < 4.78 is 7.60. The molecule has 0 aliphatic carbocycles. The van der Waals surface area contributed by atoms with E-state index in [2.05, 4.69) is 309 Å². The predicted octanol–water partition coefficient (Wildman–Crippen LogP) is 22.4. The van der Waals surface area contributed by atoms with Crippen molar-refractivity contribution in [2.45, 2.75) is 105 Å². The molecule has 0 fully saturated rings. The van der Waals surface area contributed by atoms with Gasteiger partial charge in [-0.2, -0.15) is 0 Å². The van der Waals surface area contributed by atoms with Crippen molar-refractivity contribution in [2.24, 2.45) is 0 Å². The maximum atomic E-state index is 2.57.